The molecule has 0 bridgehead atoms. The Bertz CT molecular complexity index is 535. The third kappa shape index (κ3) is 6.52. The highest BCUT2D eigenvalue weighted by Gasteiger charge is 1.98. The van der Waals surface area contributed by atoms with Gasteiger partial charge in [0.2, 0.25) is 0 Å². The second-order valence-electron chi connectivity index (χ2n) is 5.69. The van der Waals surface area contributed by atoms with Gasteiger partial charge in [-0.25, -0.2) is 0 Å². The van der Waals surface area contributed by atoms with Crippen molar-refractivity contribution in [1.82, 2.24) is 9.88 Å². The van der Waals surface area contributed by atoms with Gasteiger partial charge in [-0.3, -0.25) is 0 Å². The Hall–Kier alpha value is -1.70. The first kappa shape index (κ1) is 17.4. The molecule has 1 N–H and O–H groups in total. The largest absolute Gasteiger partial charge is 0.388 e. The molecule has 0 atom stereocenters. The summed E-state index contributed by atoms with van der Waals surface area (Å²) >= 11 is 0. The molecule has 0 aliphatic rings. The molecule has 0 aliphatic heterocycles. The van der Waals surface area contributed by atoms with E-state index in [1.165, 1.54) is 24.8 Å². The van der Waals surface area contributed by atoms with Crippen molar-refractivity contribution in [2.24, 2.45) is 0 Å². The molecule has 21 heavy (non-hydrogen) atoms. The SMILES string of the molecule is C=C(CCn1c(=C)ccc1=C)NCC/C(C)=C\CCCC. The molecule has 116 valence electrons. The maximum atomic E-state index is 4.10. The van der Waals surface area contributed by atoms with Gasteiger partial charge in [0.25, 0.3) is 0 Å². The Kier molecular flexibility index (Phi) is 7.66. The highest BCUT2D eigenvalue weighted by molar-refractivity contribution is 5.09. The summed E-state index contributed by atoms with van der Waals surface area (Å²) in [7, 11) is 0. The number of nitrogens with one attached hydrogen (secondary N) is 1. The summed E-state index contributed by atoms with van der Waals surface area (Å²) in [6.07, 6.45) is 8.12. The number of aromatic nitrogens is 1. The molecule has 0 amide bonds. The quantitative estimate of drug-likeness (QED) is 0.516. The lowest BCUT2D eigenvalue weighted by Crippen LogP contribution is -2.26. The van der Waals surface area contributed by atoms with Gasteiger partial charge in [-0.05, 0) is 31.9 Å². The fourth-order valence-electron chi connectivity index (χ4n) is 2.27. The number of hydrogen-bond acceptors (Lipinski definition) is 1. The predicted octanol–water partition coefficient (Wildman–Crippen LogP) is 3.33. The average Bonchev–Trinajstić information content (AvgIpc) is 2.76. The molecule has 1 rings (SSSR count). The molecule has 0 spiro atoms. The molecule has 0 unspecified atom stereocenters. The molecule has 1 aromatic rings. The van der Waals surface area contributed by atoms with Crippen LogP contribution in [-0.4, -0.2) is 11.1 Å². The van der Waals surface area contributed by atoms with Gasteiger partial charge in [-0.15, -0.1) is 0 Å². The van der Waals surface area contributed by atoms with E-state index in [0.717, 1.165) is 42.3 Å². The number of nitrogens with zero attached hydrogens (tertiary/aromatic N) is 1. The van der Waals surface area contributed by atoms with Crippen LogP contribution in [0.5, 0.6) is 0 Å². The van der Waals surface area contributed by atoms with Crippen molar-refractivity contribution >= 4 is 13.2 Å². The zero-order chi connectivity index (χ0) is 15.7. The molecule has 2 heteroatoms. The summed E-state index contributed by atoms with van der Waals surface area (Å²) in [5.41, 5.74) is 2.55. The first-order valence-corrected chi connectivity index (χ1v) is 7.95. The Morgan fingerprint density at radius 3 is 2.52 bits per heavy atom. The molecule has 0 saturated carbocycles. The first-order valence-electron chi connectivity index (χ1n) is 7.95. The summed E-state index contributed by atoms with van der Waals surface area (Å²) < 4.78 is 2.13. The predicted molar refractivity (Wildman–Crippen MR) is 94.4 cm³/mol. The monoisotopic (exact) mass is 286 g/mol. The minimum absolute atomic E-state index is 0.891. The number of hydrogen-bond donors (Lipinski definition) is 1. The smallest absolute Gasteiger partial charge is 0.0338 e. The number of rotatable bonds is 10. The Morgan fingerprint density at radius 1 is 1.24 bits per heavy atom. The van der Waals surface area contributed by atoms with E-state index in [-0.39, 0.29) is 0 Å². The van der Waals surface area contributed by atoms with Crippen molar-refractivity contribution in [3.8, 4) is 0 Å². The third-order valence-electron chi connectivity index (χ3n) is 3.74. The van der Waals surface area contributed by atoms with Crippen LogP contribution in [-0.2, 0) is 6.54 Å². The van der Waals surface area contributed by atoms with Crippen molar-refractivity contribution < 1.29 is 0 Å². The third-order valence-corrected chi connectivity index (χ3v) is 3.74. The van der Waals surface area contributed by atoms with Crippen LogP contribution in [0.15, 0.2) is 36.1 Å². The summed E-state index contributed by atoms with van der Waals surface area (Å²) in [6, 6.07) is 4.01. The lowest BCUT2D eigenvalue weighted by Gasteiger charge is -2.11. The normalized spacial score (nSPS) is 11.6. The van der Waals surface area contributed by atoms with Crippen molar-refractivity contribution in [2.45, 2.75) is 52.5 Å². The van der Waals surface area contributed by atoms with Crippen LogP contribution in [0.2, 0.25) is 0 Å². The van der Waals surface area contributed by atoms with Crippen LogP contribution in [0.25, 0.3) is 13.2 Å². The van der Waals surface area contributed by atoms with Gasteiger partial charge in [-0.2, -0.15) is 0 Å². The van der Waals surface area contributed by atoms with Crippen molar-refractivity contribution in [3.63, 3.8) is 0 Å². The van der Waals surface area contributed by atoms with Gasteiger partial charge >= 0.3 is 0 Å². The summed E-state index contributed by atoms with van der Waals surface area (Å²) in [5.74, 6) is 0. The van der Waals surface area contributed by atoms with Crippen LogP contribution in [0.1, 0.15) is 46.0 Å². The maximum Gasteiger partial charge on any atom is 0.0338 e. The van der Waals surface area contributed by atoms with Crippen LogP contribution in [0.3, 0.4) is 0 Å². The average molecular weight is 286 g/mol. The molecule has 0 aromatic carbocycles. The van der Waals surface area contributed by atoms with E-state index in [1.807, 2.05) is 12.1 Å². The van der Waals surface area contributed by atoms with Crippen LogP contribution in [0, 0.1) is 0 Å². The summed E-state index contributed by atoms with van der Waals surface area (Å²) in [6.45, 7) is 18.4. The van der Waals surface area contributed by atoms with Crippen LogP contribution >= 0.6 is 0 Å². The number of unbranched alkanes of at least 4 members (excludes halogenated alkanes) is 2. The van der Waals surface area contributed by atoms with Gasteiger partial charge in [0, 0.05) is 35.9 Å². The van der Waals surface area contributed by atoms with Gasteiger partial charge < -0.3 is 9.88 Å². The maximum absolute atomic E-state index is 4.10. The standard InChI is InChI=1S/C19H30N2/c1-6-7-8-9-16(2)12-14-20-17(3)13-15-21-18(4)10-11-19(21)5/h9-11,20H,3-8,12-15H2,1-2H3/b16-9-. The Morgan fingerprint density at radius 2 is 1.90 bits per heavy atom. The van der Waals surface area contributed by atoms with E-state index >= 15 is 0 Å². The van der Waals surface area contributed by atoms with Crippen LogP contribution < -0.4 is 16.0 Å². The Balaban J connectivity index is 2.24. The minimum atomic E-state index is 0.891. The topological polar surface area (TPSA) is 17.0 Å². The van der Waals surface area contributed by atoms with E-state index in [1.54, 1.807) is 0 Å². The molecular formula is C19H30N2. The van der Waals surface area contributed by atoms with E-state index in [4.69, 9.17) is 0 Å². The van der Waals surface area contributed by atoms with E-state index in [9.17, 15) is 0 Å². The lowest BCUT2D eigenvalue weighted by atomic mass is 10.1. The fraction of sp³-hybridized carbons (Fsp3) is 0.474. The molecule has 0 radical (unpaired) electrons. The van der Waals surface area contributed by atoms with Gasteiger partial charge in [0.1, 0.15) is 0 Å². The second-order valence-corrected chi connectivity index (χ2v) is 5.69. The Labute approximate surface area is 129 Å². The number of allylic oxidation sites excluding steroid dienone is 2. The molecule has 2 nitrogen and oxygen atoms in total. The van der Waals surface area contributed by atoms with Gasteiger partial charge in [0.15, 0.2) is 0 Å². The molecule has 1 heterocycles. The summed E-state index contributed by atoms with van der Waals surface area (Å²) in [5, 5.41) is 5.45. The van der Waals surface area contributed by atoms with Crippen LogP contribution in [0.4, 0.5) is 0 Å². The molecular weight excluding hydrogens is 256 g/mol. The zero-order valence-electron chi connectivity index (χ0n) is 13.8. The first-order chi connectivity index (χ1) is 10.0. The molecule has 0 saturated heterocycles. The summed E-state index contributed by atoms with van der Waals surface area (Å²) in [4.78, 5) is 0. The van der Waals surface area contributed by atoms with Crippen molar-refractivity contribution in [3.05, 3.63) is 46.8 Å². The second kappa shape index (κ2) is 9.28. The van der Waals surface area contributed by atoms with E-state index in [2.05, 4.69) is 49.5 Å². The highest BCUT2D eigenvalue weighted by Crippen LogP contribution is 2.05. The van der Waals surface area contributed by atoms with Crippen molar-refractivity contribution in [1.29, 1.82) is 0 Å². The molecule has 0 aliphatic carbocycles. The van der Waals surface area contributed by atoms with Gasteiger partial charge in [0.05, 0.1) is 0 Å². The lowest BCUT2D eigenvalue weighted by molar-refractivity contribution is 0.629. The van der Waals surface area contributed by atoms with E-state index in [0.29, 0.717) is 0 Å². The van der Waals surface area contributed by atoms with E-state index < -0.39 is 0 Å². The minimum Gasteiger partial charge on any atom is -0.388 e. The molecule has 0 fully saturated rings. The fourth-order valence-corrected chi connectivity index (χ4v) is 2.27. The zero-order valence-corrected chi connectivity index (χ0v) is 13.8. The highest BCUT2D eigenvalue weighted by atomic mass is 15.0. The van der Waals surface area contributed by atoms with Gasteiger partial charge in [-0.1, -0.05) is 51.2 Å². The molecule has 1 aromatic heterocycles. The van der Waals surface area contributed by atoms with Crippen molar-refractivity contribution in [2.75, 3.05) is 6.54 Å².